The van der Waals surface area contributed by atoms with Gasteiger partial charge in [0.1, 0.15) is 6.20 Å². The van der Waals surface area contributed by atoms with Gasteiger partial charge in [0.2, 0.25) is 11.8 Å². The van der Waals surface area contributed by atoms with Gasteiger partial charge in [-0.2, -0.15) is 4.98 Å². The highest BCUT2D eigenvalue weighted by molar-refractivity contribution is 5.57. The van der Waals surface area contributed by atoms with Gasteiger partial charge in [0.05, 0.1) is 4.92 Å². The highest BCUT2D eigenvalue weighted by Gasteiger charge is 2.33. The van der Waals surface area contributed by atoms with Crippen molar-refractivity contribution < 1.29 is 4.92 Å². The van der Waals surface area contributed by atoms with E-state index in [2.05, 4.69) is 34.4 Å². The van der Waals surface area contributed by atoms with Crippen molar-refractivity contribution in [1.29, 1.82) is 0 Å². The number of hydrogen-bond donors (Lipinski definition) is 2. The SMILES string of the molecule is CCNc1ncc([N+](=O)[O-])c(NC2CCC(CC)C2C)n1. The molecule has 0 saturated heterocycles. The first-order chi connectivity index (χ1) is 10.1. The molecule has 0 aliphatic heterocycles. The van der Waals surface area contributed by atoms with Gasteiger partial charge in [0, 0.05) is 12.6 Å². The summed E-state index contributed by atoms with van der Waals surface area (Å²) in [4.78, 5) is 18.9. The normalized spacial score (nSPS) is 24.8. The third-order valence-electron chi connectivity index (χ3n) is 4.37. The summed E-state index contributed by atoms with van der Waals surface area (Å²) >= 11 is 0. The molecule has 2 N–H and O–H groups in total. The van der Waals surface area contributed by atoms with Gasteiger partial charge in [-0.1, -0.05) is 20.3 Å². The summed E-state index contributed by atoms with van der Waals surface area (Å²) in [6, 6.07) is 0.234. The molecule has 1 saturated carbocycles. The number of nitrogens with one attached hydrogen (secondary N) is 2. The Balaban J connectivity index is 2.21. The number of nitrogens with zero attached hydrogens (tertiary/aromatic N) is 3. The van der Waals surface area contributed by atoms with Crippen molar-refractivity contribution in [3.63, 3.8) is 0 Å². The van der Waals surface area contributed by atoms with Crippen LogP contribution in [0.25, 0.3) is 0 Å². The van der Waals surface area contributed by atoms with E-state index >= 15 is 0 Å². The average molecular weight is 293 g/mol. The molecule has 3 unspecified atom stereocenters. The van der Waals surface area contributed by atoms with Gasteiger partial charge in [0.15, 0.2) is 0 Å². The first-order valence-corrected chi connectivity index (χ1v) is 7.58. The molecule has 0 amide bonds. The lowest BCUT2D eigenvalue weighted by Gasteiger charge is -2.21. The summed E-state index contributed by atoms with van der Waals surface area (Å²) in [6.45, 7) is 7.01. The van der Waals surface area contributed by atoms with Crippen LogP contribution in [0.5, 0.6) is 0 Å². The lowest BCUT2D eigenvalue weighted by Crippen LogP contribution is -2.26. The zero-order chi connectivity index (χ0) is 15.4. The molecular weight excluding hydrogens is 270 g/mol. The standard InChI is InChI=1S/C14H23N5O2/c1-4-10-6-7-11(9(10)3)17-13-12(19(20)21)8-16-14(18-13)15-5-2/h8-11H,4-7H2,1-3H3,(H2,15,16,17,18). The molecule has 0 spiro atoms. The quantitative estimate of drug-likeness (QED) is 0.618. The Labute approximate surface area is 124 Å². The first kappa shape index (κ1) is 15.5. The summed E-state index contributed by atoms with van der Waals surface area (Å²) in [7, 11) is 0. The minimum absolute atomic E-state index is 0.0659. The summed E-state index contributed by atoms with van der Waals surface area (Å²) in [5, 5.41) is 17.4. The summed E-state index contributed by atoms with van der Waals surface area (Å²) in [5.41, 5.74) is -0.0659. The Bertz CT molecular complexity index is 508. The highest BCUT2D eigenvalue weighted by Crippen LogP contribution is 2.36. The minimum atomic E-state index is -0.436. The van der Waals surface area contributed by atoms with Crippen LogP contribution in [0.4, 0.5) is 17.5 Å². The van der Waals surface area contributed by atoms with Crippen LogP contribution in [0.1, 0.15) is 40.0 Å². The lowest BCUT2D eigenvalue weighted by molar-refractivity contribution is -0.384. The lowest BCUT2D eigenvalue weighted by atomic mass is 9.93. The minimum Gasteiger partial charge on any atom is -0.361 e. The van der Waals surface area contributed by atoms with E-state index in [0.717, 1.165) is 19.3 Å². The van der Waals surface area contributed by atoms with Gasteiger partial charge < -0.3 is 10.6 Å². The second kappa shape index (κ2) is 6.69. The van der Waals surface area contributed by atoms with E-state index in [1.165, 1.54) is 6.20 Å². The predicted molar refractivity (Wildman–Crippen MR) is 82.4 cm³/mol. The number of hydrogen-bond acceptors (Lipinski definition) is 6. The fourth-order valence-electron chi connectivity index (χ4n) is 3.06. The van der Waals surface area contributed by atoms with Crippen LogP contribution >= 0.6 is 0 Å². The number of anilines is 2. The molecule has 1 aromatic heterocycles. The molecule has 7 nitrogen and oxygen atoms in total. The fraction of sp³-hybridized carbons (Fsp3) is 0.714. The molecule has 0 aromatic carbocycles. The van der Waals surface area contributed by atoms with Crippen molar-refractivity contribution in [1.82, 2.24) is 9.97 Å². The number of aromatic nitrogens is 2. The third-order valence-corrected chi connectivity index (χ3v) is 4.37. The van der Waals surface area contributed by atoms with E-state index in [-0.39, 0.29) is 11.7 Å². The average Bonchev–Trinajstić information content (AvgIpc) is 2.80. The maximum atomic E-state index is 11.1. The Hall–Kier alpha value is -1.92. The number of rotatable bonds is 6. The number of nitro groups is 1. The Morgan fingerprint density at radius 1 is 1.43 bits per heavy atom. The monoisotopic (exact) mass is 293 g/mol. The van der Waals surface area contributed by atoms with E-state index < -0.39 is 4.92 Å². The van der Waals surface area contributed by atoms with Crippen molar-refractivity contribution in [2.75, 3.05) is 17.2 Å². The molecule has 1 aromatic rings. The van der Waals surface area contributed by atoms with Crippen LogP contribution in [0.15, 0.2) is 6.20 Å². The largest absolute Gasteiger partial charge is 0.361 e. The molecule has 3 atom stereocenters. The van der Waals surface area contributed by atoms with E-state index in [0.29, 0.717) is 30.1 Å². The first-order valence-electron chi connectivity index (χ1n) is 7.58. The molecule has 2 rings (SSSR count). The van der Waals surface area contributed by atoms with Gasteiger partial charge in [-0.15, -0.1) is 0 Å². The van der Waals surface area contributed by atoms with E-state index in [4.69, 9.17) is 0 Å². The maximum Gasteiger partial charge on any atom is 0.329 e. The second-order valence-corrected chi connectivity index (χ2v) is 5.57. The zero-order valence-corrected chi connectivity index (χ0v) is 12.8. The molecule has 0 bridgehead atoms. The van der Waals surface area contributed by atoms with Gasteiger partial charge in [-0.05, 0) is 31.6 Å². The van der Waals surface area contributed by atoms with E-state index in [1.807, 2.05) is 6.92 Å². The van der Waals surface area contributed by atoms with E-state index in [1.54, 1.807) is 0 Å². The smallest absolute Gasteiger partial charge is 0.329 e. The van der Waals surface area contributed by atoms with Crippen LogP contribution in [0.2, 0.25) is 0 Å². The van der Waals surface area contributed by atoms with Crippen LogP contribution in [0.3, 0.4) is 0 Å². The maximum absolute atomic E-state index is 11.1. The van der Waals surface area contributed by atoms with Crippen LogP contribution in [-0.2, 0) is 0 Å². The van der Waals surface area contributed by atoms with E-state index in [9.17, 15) is 10.1 Å². The second-order valence-electron chi connectivity index (χ2n) is 5.57. The zero-order valence-electron chi connectivity index (χ0n) is 12.8. The van der Waals surface area contributed by atoms with Gasteiger partial charge in [0.25, 0.3) is 0 Å². The summed E-state index contributed by atoms with van der Waals surface area (Å²) in [5.74, 6) is 1.91. The Morgan fingerprint density at radius 3 is 2.76 bits per heavy atom. The van der Waals surface area contributed by atoms with Gasteiger partial charge in [-0.25, -0.2) is 4.98 Å². The molecule has 21 heavy (non-hydrogen) atoms. The van der Waals surface area contributed by atoms with Crippen LogP contribution in [-0.4, -0.2) is 27.5 Å². The molecular formula is C14H23N5O2. The topological polar surface area (TPSA) is 93.0 Å². The predicted octanol–water partition coefficient (Wildman–Crippen LogP) is 3.05. The third kappa shape index (κ3) is 3.40. The molecule has 1 fully saturated rings. The highest BCUT2D eigenvalue weighted by atomic mass is 16.6. The van der Waals surface area contributed by atoms with Gasteiger partial charge >= 0.3 is 5.69 Å². The fourth-order valence-corrected chi connectivity index (χ4v) is 3.06. The van der Waals surface area contributed by atoms with Gasteiger partial charge in [-0.3, -0.25) is 10.1 Å². The van der Waals surface area contributed by atoms with Crippen molar-refractivity contribution in [3.8, 4) is 0 Å². The molecule has 0 radical (unpaired) electrons. The molecule has 1 aliphatic carbocycles. The van der Waals surface area contributed by atoms with Crippen molar-refractivity contribution >= 4 is 17.5 Å². The Morgan fingerprint density at radius 2 is 2.19 bits per heavy atom. The molecule has 116 valence electrons. The molecule has 1 aliphatic rings. The van der Waals surface area contributed by atoms with Crippen molar-refractivity contribution in [3.05, 3.63) is 16.3 Å². The Kier molecular flexibility index (Phi) is 4.93. The van der Waals surface area contributed by atoms with Crippen LogP contribution < -0.4 is 10.6 Å². The summed E-state index contributed by atoms with van der Waals surface area (Å²) in [6.07, 6.45) is 4.60. The van der Waals surface area contributed by atoms with Crippen molar-refractivity contribution in [2.45, 2.75) is 46.1 Å². The van der Waals surface area contributed by atoms with Crippen molar-refractivity contribution in [2.24, 2.45) is 11.8 Å². The van der Waals surface area contributed by atoms with Crippen LogP contribution in [0, 0.1) is 22.0 Å². The molecule has 7 heteroatoms. The summed E-state index contributed by atoms with van der Waals surface area (Å²) < 4.78 is 0. The molecule has 1 heterocycles.